The van der Waals surface area contributed by atoms with E-state index in [1.54, 1.807) is 0 Å². The molecule has 2 N–H and O–H groups in total. The number of halogens is 1. The van der Waals surface area contributed by atoms with Gasteiger partial charge in [-0.25, -0.2) is 4.99 Å². The summed E-state index contributed by atoms with van der Waals surface area (Å²) in [6.45, 7) is 4.02. The van der Waals surface area contributed by atoms with E-state index in [9.17, 15) is 0 Å². The average Bonchev–Trinajstić information content (AvgIpc) is 2.13. The summed E-state index contributed by atoms with van der Waals surface area (Å²) in [5.74, 6) is 0.665. The summed E-state index contributed by atoms with van der Waals surface area (Å²) in [5.41, 5.74) is 7.59. The standard InChI is InChI=1S/C11H15ClN2/c1-3-5-11(13)14-10-7-4-6-9(12)8(10)2/h4,6-7H,3,5H2,1-2H3,(H2,13,14). The quantitative estimate of drug-likeness (QED) is 0.603. The third-order valence-corrected chi connectivity index (χ3v) is 2.42. The molecule has 0 bridgehead atoms. The van der Waals surface area contributed by atoms with Crippen molar-refractivity contribution in [3.63, 3.8) is 0 Å². The molecule has 0 aliphatic carbocycles. The van der Waals surface area contributed by atoms with Crippen LogP contribution >= 0.6 is 11.6 Å². The van der Waals surface area contributed by atoms with Gasteiger partial charge in [-0.3, -0.25) is 0 Å². The lowest BCUT2D eigenvalue weighted by Crippen LogP contribution is -2.10. The lowest BCUT2D eigenvalue weighted by Gasteiger charge is -2.03. The summed E-state index contributed by atoms with van der Waals surface area (Å²) in [6.07, 6.45) is 1.83. The molecule has 0 aliphatic rings. The SMILES string of the molecule is CCCC(N)=Nc1cccc(Cl)c1C. The van der Waals surface area contributed by atoms with Crippen LogP contribution in [0.25, 0.3) is 0 Å². The van der Waals surface area contributed by atoms with E-state index in [1.165, 1.54) is 0 Å². The lowest BCUT2D eigenvalue weighted by molar-refractivity contribution is 0.983. The fourth-order valence-corrected chi connectivity index (χ4v) is 1.35. The third kappa shape index (κ3) is 2.74. The summed E-state index contributed by atoms with van der Waals surface area (Å²) in [7, 11) is 0. The summed E-state index contributed by atoms with van der Waals surface area (Å²) < 4.78 is 0. The van der Waals surface area contributed by atoms with Gasteiger partial charge in [-0.05, 0) is 31.0 Å². The van der Waals surface area contributed by atoms with Gasteiger partial charge >= 0.3 is 0 Å². The monoisotopic (exact) mass is 210 g/mol. The number of aliphatic imine (C=N–C) groups is 1. The van der Waals surface area contributed by atoms with Crippen molar-refractivity contribution < 1.29 is 0 Å². The van der Waals surface area contributed by atoms with E-state index in [1.807, 2.05) is 25.1 Å². The second-order valence-corrected chi connectivity index (χ2v) is 3.64. The van der Waals surface area contributed by atoms with Crippen LogP contribution in [0.4, 0.5) is 5.69 Å². The molecule has 76 valence electrons. The van der Waals surface area contributed by atoms with Gasteiger partial charge in [-0.15, -0.1) is 0 Å². The van der Waals surface area contributed by atoms with Crippen molar-refractivity contribution >= 4 is 23.1 Å². The first-order chi connectivity index (χ1) is 6.65. The van der Waals surface area contributed by atoms with Crippen LogP contribution in [-0.4, -0.2) is 5.84 Å². The maximum Gasteiger partial charge on any atom is 0.0996 e. The Kier molecular flexibility index (Phi) is 3.96. The molecular formula is C11H15ClN2. The highest BCUT2D eigenvalue weighted by Crippen LogP contribution is 2.25. The lowest BCUT2D eigenvalue weighted by atomic mass is 10.2. The minimum Gasteiger partial charge on any atom is -0.387 e. The van der Waals surface area contributed by atoms with Gasteiger partial charge in [0, 0.05) is 11.4 Å². The maximum atomic E-state index is 5.96. The van der Waals surface area contributed by atoms with E-state index < -0.39 is 0 Å². The Labute approximate surface area is 89.8 Å². The first-order valence-electron chi connectivity index (χ1n) is 4.73. The number of benzene rings is 1. The molecule has 14 heavy (non-hydrogen) atoms. The minimum absolute atomic E-state index is 0.665. The number of amidine groups is 1. The molecule has 0 saturated heterocycles. The smallest absolute Gasteiger partial charge is 0.0996 e. The van der Waals surface area contributed by atoms with E-state index in [0.29, 0.717) is 5.84 Å². The average molecular weight is 211 g/mol. The predicted octanol–water partition coefficient (Wildman–Crippen LogP) is 3.44. The Bertz CT molecular complexity index is 345. The maximum absolute atomic E-state index is 5.96. The van der Waals surface area contributed by atoms with Crippen LogP contribution in [0.15, 0.2) is 23.2 Å². The predicted molar refractivity (Wildman–Crippen MR) is 62.4 cm³/mol. The summed E-state index contributed by atoms with van der Waals surface area (Å²) in [6, 6.07) is 5.66. The Hall–Kier alpha value is -1.02. The molecule has 2 nitrogen and oxygen atoms in total. The molecule has 0 aliphatic heterocycles. The highest BCUT2D eigenvalue weighted by atomic mass is 35.5. The first kappa shape index (κ1) is 11.1. The Morgan fingerprint density at radius 2 is 2.21 bits per heavy atom. The Balaban J connectivity index is 2.96. The largest absolute Gasteiger partial charge is 0.387 e. The van der Waals surface area contributed by atoms with Gasteiger partial charge in [0.15, 0.2) is 0 Å². The molecule has 0 fully saturated rings. The van der Waals surface area contributed by atoms with Crippen molar-refractivity contribution in [1.29, 1.82) is 0 Å². The molecule has 0 amide bonds. The van der Waals surface area contributed by atoms with E-state index in [0.717, 1.165) is 29.1 Å². The molecule has 0 unspecified atom stereocenters. The van der Waals surface area contributed by atoms with Crippen LogP contribution in [0.2, 0.25) is 5.02 Å². The second-order valence-electron chi connectivity index (χ2n) is 3.24. The number of hydrogen-bond donors (Lipinski definition) is 1. The van der Waals surface area contributed by atoms with Crippen LogP contribution in [0.5, 0.6) is 0 Å². The van der Waals surface area contributed by atoms with Gasteiger partial charge in [-0.2, -0.15) is 0 Å². The van der Waals surface area contributed by atoms with Crippen LogP contribution in [-0.2, 0) is 0 Å². The fourth-order valence-electron chi connectivity index (χ4n) is 1.18. The van der Waals surface area contributed by atoms with Crippen molar-refractivity contribution in [3.8, 4) is 0 Å². The van der Waals surface area contributed by atoms with Crippen LogP contribution in [0, 0.1) is 6.92 Å². The van der Waals surface area contributed by atoms with Crippen LogP contribution in [0.3, 0.4) is 0 Å². The van der Waals surface area contributed by atoms with Gasteiger partial charge in [0.1, 0.15) is 0 Å². The van der Waals surface area contributed by atoms with E-state index >= 15 is 0 Å². The summed E-state index contributed by atoms with van der Waals surface area (Å²) in [5, 5.41) is 0.732. The molecule has 0 spiro atoms. The third-order valence-electron chi connectivity index (χ3n) is 2.01. The van der Waals surface area contributed by atoms with E-state index in [4.69, 9.17) is 17.3 Å². The Morgan fingerprint density at radius 3 is 2.86 bits per heavy atom. The number of rotatable bonds is 3. The normalized spacial score (nSPS) is 11.8. The molecule has 1 aromatic carbocycles. The van der Waals surface area contributed by atoms with Crippen LogP contribution < -0.4 is 5.73 Å². The minimum atomic E-state index is 0.665. The number of nitrogens with two attached hydrogens (primary N) is 1. The molecule has 0 radical (unpaired) electrons. The molecule has 1 aromatic rings. The topological polar surface area (TPSA) is 38.4 Å². The first-order valence-corrected chi connectivity index (χ1v) is 5.11. The zero-order chi connectivity index (χ0) is 10.6. The second kappa shape index (κ2) is 5.01. The molecule has 0 heterocycles. The number of nitrogens with zero attached hydrogens (tertiary/aromatic N) is 1. The molecular weight excluding hydrogens is 196 g/mol. The van der Waals surface area contributed by atoms with Gasteiger partial charge < -0.3 is 5.73 Å². The highest BCUT2D eigenvalue weighted by Gasteiger charge is 2.00. The summed E-state index contributed by atoms with van der Waals surface area (Å²) >= 11 is 5.96. The molecule has 0 aromatic heterocycles. The van der Waals surface area contributed by atoms with E-state index in [-0.39, 0.29) is 0 Å². The summed E-state index contributed by atoms with van der Waals surface area (Å²) in [4.78, 5) is 4.32. The van der Waals surface area contributed by atoms with Gasteiger partial charge in [0.05, 0.1) is 11.5 Å². The van der Waals surface area contributed by atoms with Gasteiger partial charge in [0.25, 0.3) is 0 Å². The van der Waals surface area contributed by atoms with Crippen molar-refractivity contribution in [2.24, 2.45) is 10.7 Å². The molecule has 3 heteroatoms. The number of hydrogen-bond acceptors (Lipinski definition) is 1. The van der Waals surface area contributed by atoms with Crippen molar-refractivity contribution in [2.45, 2.75) is 26.7 Å². The van der Waals surface area contributed by atoms with Gasteiger partial charge in [-0.1, -0.05) is 24.6 Å². The van der Waals surface area contributed by atoms with Crippen molar-refractivity contribution in [1.82, 2.24) is 0 Å². The van der Waals surface area contributed by atoms with E-state index in [2.05, 4.69) is 11.9 Å². The highest BCUT2D eigenvalue weighted by molar-refractivity contribution is 6.31. The fraction of sp³-hybridized carbons (Fsp3) is 0.364. The zero-order valence-corrected chi connectivity index (χ0v) is 9.30. The molecule has 0 atom stereocenters. The Morgan fingerprint density at radius 1 is 1.50 bits per heavy atom. The van der Waals surface area contributed by atoms with Gasteiger partial charge in [0.2, 0.25) is 0 Å². The van der Waals surface area contributed by atoms with Crippen molar-refractivity contribution in [2.75, 3.05) is 0 Å². The van der Waals surface area contributed by atoms with Crippen LogP contribution in [0.1, 0.15) is 25.3 Å². The molecule has 1 rings (SSSR count). The van der Waals surface area contributed by atoms with Crippen molar-refractivity contribution in [3.05, 3.63) is 28.8 Å². The zero-order valence-electron chi connectivity index (χ0n) is 8.55. The molecule has 0 saturated carbocycles.